The first-order valence-corrected chi connectivity index (χ1v) is 11.1. The number of ether oxygens (including phenoxy) is 4. The van der Waals surface area contributed by atoms with Crippen molar-refractivity contribution in [2.24, 2.45) is 0 Å². The molecule has 32 heavy (non-hydrogen) atoms. The fourth-order valence-electron chi connectivity index (χ4n) is 4.16. The summed E-state index contributed by atoms with van der Waals surface area (Å²) in [5, 5.41) is 0. The molecule has 0 amide bonds. The number of halogens is 1. The van der Waals surface area contributed by atoms with E-state index < -0.39 is 0 Å². The molecule has 1 heterocycles. The van der Waals surface area contributed by atoms with E-state index in [2.05, 4.69) is 56.1 Å². The summed E-state index contributed by atoms with van der Waals surface area (Å²) in [4.78, 5) is 4.77. The molecule has 0 saturated carbocycles. The molecule has 0 radical (unpaired) electrons. The summed E-state index contributed by atoms with van der Waals surface area (Å²) >= 11 is 3.66. The quantitative estimate of drug-likeness (QED) is 0.427. The van der Waals surface area contributed by atoms with Gasteiger partial charge < -0.3 is 28.7 Å². The van der Waals surface area contributed by atoms with Gasteiger partial charge in [0.1, 0.15) is 17.7 Å². The van der Waals surface area contributed by atoms with E-state index in [0.29, 0.717) is 11.5 Å². The third kappa shape index (κ3) is 4.17. The zero-order chi connectivity index (χ0) is 22.7. The molecule has 0 spiro atoms. The van der Waals surface area contributed by atoms with Gasteiger partial charge in [-0.05, 0) is 82.2 Å². The molecule has 0 aliphatic carbocycles. The minimum absolute atomic E-state index is 0.0344. The van der Waals surface area contributed by atoms with E-state index >= 15 is 0 Å². The van der Waals surface area contributed by atoms with Crippen molar-refractivity contribution in [3.05, 3.63) is 70.7 Å². The molecule has 3 aromatic carbocycles. The van der Waals surface area contributed by atoms with Crippen molar-refractivity contribution >= 4 is 27.3 Å². The van der Waals surface area contributed by atoms with Crippen LogP contribution in [0.15, 0.2) is 65.1 Å². The number of hydrogen-bond acceptors (Lipinski definition) is 6. The predicted molar refractivity (Wildman–Crippen MR) is 131 cm³/mol. The van der Waals surface area contributed by atoms with Crippen LogP contribution in [0.1, 0.15) is 11.7 Å². The lowest BCUT2D eigenvalue weighted by molar-refractivity contribution is 0.352. The van der Waals surface area contributed by atoms with Gasteiger partial charge in [-0.25, -0.2) is 0 Å². The minimum Gasteiger partial charge on any atom is -0.497 e. The highest BCUT2D eigenvalue weighted by molar-refractivity contribution is 9.10. The monoisotopic (exact) mass is 498 g/mol. The normalized spacial score (nSPS) is 13.9. The van der Waals surface area contributed by atoms with Gasteiger partial charge >= 0.3 is 0 Å². The van der Waals surface area contributed by atoms with Crippen molar-refractivity contribution in [3.8, 4) is 23.0 Å². The van der Waals surface area contributed by atoms with E-state index in [9.17, 15) is 0 Å². The molecule has 1 saturated heterocycles. The standard InChI is InChI=1S/C25H27BrN2O4/c1-29-20-9-5-18(6-10-20)27-13-14-28(19-7-11-21(30-2)12-8-19)25(27)17-15-22(26)24(32-4)23(16-17)31-3/h5-12,15-16,25H,13-14H2,1-4H3. The molecule has 7 heteroatoms. The van der Waals surface area contributed by atoms with Gasteiger partial charge in [0, 0.05) is 24.5 Å². The van der Waals surface area contributed by atoms with Crippen LogP contribution in [0.4, 0.5) is 11.4 Å². The number of anilines is 2. The smallest absolute Gasteiger partial charge is 0.174 e. The van der Waals surface area contributed by atoms with Crippen molar-refractivity contribution in [3.63, 3.8) is 0 Å². The summed E-state index contributed by atoms with van der Waals surface area (Å²) in [5.74, 6) is 3.05. The Morgan fingerprint density at radius 1 is 0.688 bits per heavy atom. The maximum Gasteiger partial charge on any atom is 0.174 e. The van der Waals surface area contributed by atoms with Crippen LogP contribution in [0.3, 0.4) is 0 Å². The average Bonchev–Trinajstić information content (AvgIpc) is 3.28. The lowest BCUT2D eigenvalue weighted by atomic mass is 10.1. The van der Waals surface area contributed by atoms with E-state index in [4.69, 9.17) is 18.9 Å². The number of rotatable bonds is 7. The molecule has 1 aliphatic heterocycles. The average molecular weight is 499 g/mol. The third-order valence-corrected chi connectivity index (χ3v) is 6.32. The van der Waals surface area contributed by atoms with Gasteiger partial charge in [0.25, 0.3) is 0 Å². The second kappa shape index (κ2) is 9.61. The van der Waals surface area contributed by atoms with Gasteiger partial charge in [-0.2, -0.15) is 0 Å². The topological polar surface area (TPSA) is 43.4 Å². The molecule has 0 atom stereocenters. The maximum atomic E-state index is 5.63. The Kier molecular flexibility index (Phi) is 6.65. The highest BCUT2D eigenvalue weighted by Gasteiger charge is 2.35. The first-order valence-electron chi connectivity index (χ1n) is 10.3. The van der Waals surface area contributed by atoms with Gasteiger partial charge in [-0.15, -0.1) is 0 Å². The number of methoxy groups -OCH3 is 4. The summed E-state index contributed by atoms with van der Waals surface area (Å²) in [7, 11) is 6.66. The van der Waals surface area contributed by atoms with Crippen molar-refractivity contribution in [1.29, 1.82) is 0 Å². The molecule has 168 valence electrons. The fraction of sp³-hybridized carbons (Fsp3) is 0.280. The van der Waals surface area contributed by atoms with Crippen LogP contribution in [0.2, 0.25) is 0 Å². The zero-order valence-corrected chi connectivity index (χ0v) is 20.3. The van der Waals surface area contributed by atoms with Gasteiger partial charge in [-0.1, -0.05) is 0 Å². The van der Waals surface area contributed by atoms with Gasteiger partial charge in [0.2, 0.25) is 0 Å². The van der Waals surface area contributed by atoms with E-state index in [0.717, 1.165) is 46.0 Å². The van der Waals surface area contributed by atoms with Crippen LogP contribution >= 0.6 is 15.9 Å². The Bertz CT molecular complexity index is 1000. The van der Waals surface area contributed by atoms with E-state index in [1.165, 1.54) is 0 Å². The van der Waals surface area contributed by atoms with Gasteiger partial charge in [0.15, 0.2) is 11.5 Å². The number of hydrogen-bond donors (Lipinski definition) is 0. The van der Waals surface area contributed by atoms with E-state index in [1.807, 2.05) is 30.3 Å². The van der Waals surface area contributed by atoms with E-state index in [-0.39, 0.29) is 6.17 Å². The Balaban J connectivity index is 1.80. The molecule has 0 unspecified atom stereocenters. The Labute approximate surface area is 197 Å². The summed E-state index contributed by atoms with van der Waals surface area (Å²) in [5.41, 5.74) is 3.34. The second-order valence-electron chi connectivity index (χ2n) is 7.39. The number of nitrogens with zero attached hydrogens (tertiary/aromatic N) is 2. The second-order valence-corrected chi connectivity index (χ2v) is 8.25. The Morgan fingerprint density at radius 3 is 1.59 bits per heavy atom. The lowest BCUT2D eigenvalue weighted by Crippen LogP contribution is -2.31. The van der Waals surface area contributed by atoms with Crippen LogP contribution < -0.4 is 28.7 Å². The third-order valence-electron chi connectivity index (χ3n) is 5.73. The van der Waals surface area contributed by atoms with E-state index in [1.54, 1.807) is 28.4 Å². The minimum atomic E-state index is -0.0344. The molecule has 1 fully saturated rings. The molecule has 1 aliphatic rings. The van der Waals surface area contributed by atoms with Crippen LogP contribution in [0, 0.1) is 0 Å². The molecular formula is C25H27BrN2O4. The summed E-state index contributed by atoms with van der Waals surface area (Å²) < 4.78 is 22.7. The number of benzene rings is 3. The Morgan fingerprint density at radius 2 is 1.19 bits per heavy atom. The lowest BCUT2D eigenvalue weighted by Gasteiger charge is -2.34. The van der Waals surface area contributed by atoms with Crippen LogP contribution in [0.25, 0.3) is 0 Å². The maximum absolute atomic E-state index is 5.63. The Hall–Kier alpha value is -3.06. The first-order chi connectivity index (χ1) is 15.6. The molecule has 6 nitrogen and oxygen atoms in total. The SMILES string of the molecule is COc1ccc(N2CCN(c3ccc(OC)cc3)C2c2cc(Br)c(OC)c(OC)c2)cc1. The van der Waals surface area contributed by atoms with Gasteiger partial charge in [0.05, 0.1) is 32.9 Å². The molecular weight excluding hydrogens is 472 g/mol. The van der Waals surface area contributed by atoms with Crippen molar-refractivity contribution in [2.45, 2.75) is 6.17 Å². The van der Waals surface area contributed by atoms with Crippen molar-refractivity contribution in [1.82, 2.24) is 0 Å². The molecule has 0 N–H and O–H groups in total. The van der Waals surface area contributed by atoms with Crippen molar-refractivity contribution in [2.75, 3.05) is 51.3 Å². The van der Waals surface area contributed by atoms with Crippen molar-refractivity contribution < 1.29 is 18.9 Å². The van der Waals surface area contributed by atoms with Crippen LogP contribution in [0.5, 0.6) is 23.0 Å². The zero-order valence-electron chi connectivity index (χ0n) is 18.7. The largest absolute Gasteiger partial charge is 0.497 e. The first kappa shape index (κ1) is 22.1. The highest BCUT2D eigenvalue weighted by atomic mass is 79.9. The van der Waals surface area contributed by atoms with Crippen LogP contribution in [-0.4, -0.2) is 41.5 Å². The summed E-state index contributed by atoms with van der Waals surface area (Å²) in [6.07, 6.45) is -0.0344. The van der Waals surface area contributed by atoms with Crippen LogP contribution in [-0.2, 0) is 0 Å². The molecule has 0 aromatic heterocycles. The fourth-order valence-corrected chi connectivity index (χ4v) is 4.78. The highest BCUT2D eigenvalue weighted by Crippen LogP contribution is 2.43. The summed E-state index contributed by atoms with van der Waals surface area (Å²) in [6.45, 7) is 1.74. The molecule has 3 aromatic rings. The molecule has 4 rings (SSSR count). The van der Waals surface area contributed by atoms with Gasteiger partial charge in [-0.3, -0.25) is 0 Å². The molecule has 0 bridgehead atoms. The summed E-state index contributed by atoms with van der Waals surface area (Å²) in [6, 6.07) is 20.5. The predicted octanol–water partition coefficient (Wildman–Crippen LogP) is 5.51.